The SMILES string of the molecule is O=C1CCCc2cc(C(=O)Nc3ccc(S(=O)(=O)NCc4ccccc4)cc3)ccc2N1. The molecule has 3 aromatic carbocycles. The van der Waals surface area contributed by atoms with Crippen LogP contribution in [0.5, 0.6) is 0 Å². The van der Waals surface area contributed by atoms with E-state index in [1.807, 2.05) is 30.3 Å². The van der Waals surface area contributed by atoms with Crippen LogP contribution in [0.1, 0.15) is 34.3 Å². The van der Waals surface area contributed by atoms with Crippen molar-refractivity contribution < 1.29 is 18.0 Å². The number of hydrogen-bond acceptors (Lipinski definition) is 4. The molecule has 0 radical (unpaired) electrons. The average Bonchev–Trinajstić information content (AvgIpc) is 2.98. The minimum absolute atomic E-state index is 0.0192. The van der Waals surface area contributed by atoms with Gasteiger partial charge in [-0.15, -0.1) is 0 Å². The second-order valence-corrected chi connectivity index (χ2v) is 9.33. The summed E-state index contributed by atoms with van der Waals surface area (Å²) in [6.45, 7) is 0.195. The number of benzene rings is 3. The van der Waals surface area contributed by atoms with Gasteiger partial charge in [-0.1, -0.05) is 30.3 Å². The summed E-state index contributed by atoms with van der Waals surface area (Å²) in [5.41, 5.74) is 3.48. The number of aryl methyl sites for hydroxylation is 1. The topological polar surface area (TPSA) is 104 Å². The molecule has 164 valence electrons. The van der Waals surface area contributed by atoms with Crippen molar-refractivity contribution in [3.05, 3.63) is 89.5 Å². The highest BCUT2D eigenvalue weighted by atomic mass is 32.2. The molecule has 0 bridgehead atoms. The third-order valence-electron chi connectivity index (χ3n) is 5.22. The molecule has 1 heterocycles. The second-order valence-electron chi connectivity index (χ2n) is 7.56. The molecule has 32 heavy (non-hydrogen) atoms. The number of sulfonamides is 1. The van der Waals surface area contributed by atoms with E-state index in [1.165, 1.54) is 12.1 Å². The summed E-state index contributed by atoms with van der Waals surface area (Å²) in [6.07, 6.45) is 1.92. The van der Waals surface area contributed by atoms with Gasteiger partial charge in [0.1, 0.15) is 0 Å². The van der Waals surface area contributed by atoms with Gasteiger partial charge in [-0.05, 0) is 66.4 Å². The zero-order chi connectivity index (χ0) is 22.6. The Kier molecular flexibility index (Phi) is 6.34. The Balaban J connectivity index is 1.41. The van der Waals surface area contributed by atoms with Crippen molar-refractivity contribution in [2.75, 3.05) is 10.6 Å². The number of fused-ring (bicyclic) bond motifs is 1. The van der Waals surface area contributed by atoms with Crippen LogP contribution in [0.3, 0.4) is 0 Å². The van der Waals surface area contributed by atoms with Crippen LogP contribution in [0.15, 0.2) is 77.7 Å². The number of nitrogens with one attached hydrogen (secondary N) is 3. The number of carbonyl (C=O) groups excluding carboxylic acids is 2. The van der Waals surface area contributed by atoms with E-state index in [-0.39, 0.29) is 23.3 Å². The Bertz CT molecular complexity index is 1240. The standard InChI is InChI=1S/C24H23N3O4S/c28-23-8-4-7-18-15-19(9-14-22(18)27-23)24(29)26-20-10-12-21(13-11-20)32(30,31)25-16-17-5-2-1-3-6-17/h1-3,5-6,9-15,25H,4,7-8,16H2,(H,26,29)(H,27,28). The van der Waals surface area contributed by atoms with Crippen molar-refractivity contribution in [2.45, 2.75) is 30.7 Å². The van der Waals surface area contributed by atoms with E-state index in [2.05, 4.69) is 15.4 Å². The van der Waals surface area contributed by atoms with E-state index in [9.17, 15) is 18.0 Å². The van der Waals surface area contributed by atoms with Crippen LogP contribution in [0.2, 0.25) is 0 Å². The molecule has 1 aliphatic rings. The van der Waals surface area contributed by atoms with Crippen LogP contribution in [0, 0.1) is 0 Å². The fourth-order valence-electron chi connectivity index (χ4n) is 3.49. The first-order valence-electron chi connectivity index (χ1n) is 10.3. The Morgan fingerprint density at radius 1 is 0.938 bits per heavy atom. The molecule has 4 rings (SSSR count). The summed E-state index contributed by atoms with van der Waals surface area (Å²) >= 11 is 0. The molecule has 0 saturated heterocycles. The third-order valence-corrected chi connectivity index (χ3v) is 6.64. The largest absolute Gasteiger partial charge is 0.326 e. The highest BCUT2D eigenvalue weighted by Crippen LogP contribution is 2.24. The van der Waals surface area contributed by atoms with E-state index in [0.717, 1.165) is 29.7 Å². The zero-order valence-corrected chi connectivity index (χ0v) is 18.1. The summed E-state index contributed by atoms with van der Waals surface area (Å²) in [5.74, 6) is -0.324. The Morgan fingerprint density at radius 3 is 2.44 bits per heavy atom. The Morgan fingerprint density at radius 2 is 1.69 bits per heavy atom. The van der Waals surface area contributed by atoms with E-state index in [1.54, 1.807) is 30.3 Å². The fraction of sp³-hybridized carbons (Fsp3) is 0.167. The average molecular weight is 450 g/mol. The lowest BCUT2D eigenvalue weighted by Crippen LogP contribution is -2.23. The molecular weight excluding hydrogens is 426 g/mol. The predicted molar refractivity (Wildman–Crippen MR) is 123 cm³/mol. The monoisotopic (exact) mass is 449 g/mol. The summed E-state index contributed by atoms with van der Waals surface area (Å²) in [4.78, 5) is 24.5. The van der Waals surface area contributed by atoms with E-state index >= 15 is 0 Å². The molecule has 0 atom stereocenters. The first-order chi connectivity index (χ1) is 15.4. The van der Waals surface area contributed by atoms with Crippen LogP contribution in [-0.2, 0) is 27.8 Å². The van der Waals surface area contributed by atoms with Gasteiger partial charge in [-0.25, -0.2) is 13.1 Å². The summed E-state index contributed by atoms with van der Waals surface area (Å²) in [7, 11) is -3.67. The maximum absolute atomic E-state index is 12.7. The fourth-order valence-corrected chi connectivity index (χ4v) is 4.51. The summed E-state index contributed by atoms with van der Waals surface area (Å²) in [5, 5.41) is 5.63. The summed E-state index contributed by atoms with van der Waals surface area (Å²) in [6, 6.07) is 20.4. The highest BCUT2D eigenvalue weighted by Gasteiger charge is 2.16. The highest BCUT2D eigenvalue weighted by molar-refractivity contribution is 7.89. The smallest absolute Gasteiger partial charge is 0.255 e. The van der Waals surface area contributed by atoms with Crippen molar-refractivity contribution >= 4 is 33.2 Å². The molecule has 0 aromatic heterocycles. The van der Waals surface area contributed by atoms with E-state index < -0.39 is 10.0 Å². The van der Waals surface area contributed by atoms with Crippen LogP contribution >= 0.6 is 0 Å². The minimum atomic E-state index is -3.67. The van der Waals surface area contributed by atoms with Gasteiger partial charge in [0.05, 0.1) is 4.90 Å². The molecule has 0 spiro atoms. The zero-order valence-electron chi connectivity index (χ0n) is 17.3. The normalized spacial score (nSPS) is 13.6. The molecule has 0 saturated carbocycles. The van der Waals surface area contributed by atoms with E-state index in [0.29, 0.717) is 17.7 Å². The van der Waals surface area contributed by atoms with Crippen LogP contribution in [0.4, 0.5) is 11.4 Å². The van der Waals surface area contributed by atoms with Crippen molar-refractivity contribution in [1.29, 1.82) is 0 Å². The van der Waals surface area contributed by atoms with Gasteiger partial charge in [0.15, 0.2) is 0 Å². The molecule has 3 aromatic rings. The summed E-state index contributed by atoms with van der Waals surface area (Å²) < 4.78 is 27.6. The maximum atomic E-state index is 12.7. The first kappa shape index (κ1) is 21.7. The minimum Gasteiger partial charge on any atom is -0.326 e. The number of hydrogen-bond donors (Lipinski definition) is 3. The Hall–Kier alpha value is -3.49. The molecule has 8 heteroatoms. The van der Waals surface area contributed by atoms with Crippen LogP contribution < -0.4 is 15.4 Å². The van der Waals surface area contributed by atoms with Gasteiger partial charge in [0.25, 0.3) is 5.91 Å². The molecule has 2 amide bonds. The molecule has 0 aliphatic carbocycles. The van der Waals surface area contributed by atoms with Crippen molar-refractivity contribution in [3.8, 4) is 0 Å². The van der Waals surface area contributed by atoms with Crippen molar-refractivity contribution in [3.63, 3.8) is 0 Å². The lowest BCUT2D eigenvalue weighted by atomic mass is 10.0. The molecule has 0 unspecified atom stereocenters. The number of amides is 2. The maximum Gasteiger partial charge on any atom is 0.255 e. The molecule has 3 N–H and O–H groups in total. The second kappa shape index (κ2) is 9.33. The van der Waals surface area contributed by atoms with Crippen molar-refractivity contribution in [2.24, 2.45) is 0 Å². The van der Waals surface area contributed by atoms with E-state index in [4.69, 9.17) is 0 Å². The molecule has 7 nitrogen and oxygen atoms in total. The quantitative estimate of drug-likeness (QED) is 0.534. The number of rotatable bonds is 6. The van der Waals surface area contributed by atoms with Gasteiger partial charge in [-0.3, -0.25) is 9.59 Å². The third kappa shape index (κ3) is 5.22. The van der Waals surface area contributed by atoms with Gasteiger partial charge in [0, 0.05) is 29.9 Å². The van der Waals surface area contributed by atoms with Gasteiger partial charge >= 0.3 is 0 Å². The molecule has 1 aliphatic heterocycles. The first-order valence-corrected chi connectivity index (χ1v) is 11.8. The number of anilines is 2. The van der Waals surface area contributed by atoms with Gasteiger partial charge in [0.2, 0.25) is 15.9 Å². The lowest BCUT2D eigenvalue weighted by molar-refractivity contribution is -0.116. The lowest BCUT2D eigenvalue weighted by Gasteiger charge is -2.11. The van der Waals surface area contributed by atoms with Crippen LogP contribution in [-0.4, -0.2) is 20.2 Å². The van der Waals surface area contributed by atoms with Gasteiger partial charge in [-0.2, -0.15) is 0 Å². The van der Waals surface area contributed by atoms with Gasteiger partial charge < -0.3 is 10.6 Å². The molecule has 0 fully saturated rings. The molecular formula is C24H23N3O4S. The van der Waals surface area contributed by atoms with Crippen LogP contribution in [0.25, 0.3) is 0 Å². The van der Waals surface area contributed by atoms with Crippen molar-refractivity contribution in [1.82, 2.24) is 4.72 Å². The Labute approximate surface area is 186 Å². The predicted octanol–water partition coefficient (Wildman–Crippen LogP) is 3.69. The number of carbonyl (C=O) groups is 2.